The summed E-state index contributed by atoms with van der Waals surface area (Å²) in [4.78, 5) is 12.6. The molecule has 0 unspecified atom stereocenters. The smallest absolute Gasteiger partial charge is 0.266 e. The largest absolute Gasteiger partial charge is 0.493 e. The second kappa shape index (κ2) is 11.2. The van der Waals surface area contributed by atoms with Gasteiger partial charge in [0.15, 0.2) is 11.5 Å². The van der Waals surface area contributed by atoms with Crippen LogP contribution in [0.2, 0.25) is 5.02 Å². The average Bonchev–Trinajstić information content (AvgIpc) is 2.77. The second-order valence-corrected chi connectivity index (χ2v) is 8.72. The summed E-state index contributed by atoms with van der Waals surface area (Å²) in [5, 5.41) is 12.9. The highest BCUT2D eigenvalue weighted by atomic mass is 79.9. The lowest BCUT2D eigenvalue weighted by Gasteiger charge is -2.14. The number of hydrogen-bond acceptors (Lipinski definition) is 4. The molecule has 3 aromatic rings. The summed E-state index contributed by atoms with van der Waals surface area (Å²) < 4.78 is 12.8. The van der Waals surface area contributed by atoms with Crippen LogP contribution in [0.3, 0.4) is 0 Å². The van der Waals surface area contributed by atoms with Crippen LogP contribution in [0.4, 0.5) is 5.69 Å². The first-order valence-corrected chi connectivity index (χ1v) is 11.3. The van der Waals surface area contributed by atoms with Crippen LogP contribution in [0.1, 0.15) is 11.1 Å². The number of carbonyl (C=O) groups is 1. The fraction of sp³-hybridized carbons (Fsp3) is 0.0833. The quantitative estimate of drug-likeness (QED) is 0.243. The lowest BCUT2D eigenvalue weighted by atomic mass is 10.1. The zero-order valence-electron chi connectivity index (χ0n) is 16.9. The first-order chi connectivity index (χ1) is 15.4. The molecular weight excluding hydrogens is 560 g/mol. The molecule has 0 atom stereocenters. The molecule has 0 heterocycles. The summed E-state index contributed by atoms with van der Waals surface area (Å²) in [6, 6.07) is 19.9. The molecule has 0 aliphatic rings. The van der Waals surface area contributed by atoms with Crippen molar-refractivity contribution >= 4 is 61.1 Å². The van der Waals surface area contributed by atoms with Gasteiger partial charge in [0.25, 0.3) is 5.91 Å². The summed E-state index contributed by atoms with van der Waals surface area (Å²) >= 11 is 13.0. The van der Waals surface area contributed by atoms with Gasteiger partial charge in [-0.3, -0.25) is 4.79 Å². The van der Waals surface area contributed by atoms with Gasteiger partial charge >= 0.3 is 0 Å². The van der Waals surface area contributed by atoms with Gasteiger partial charge in [-0.2, -0.15) is 5.26 Å². The topological polar surface area (TPSA) is 71.3 Å². The van der Waals surface area contributed by atoms with Crippen molar-refractivity contribution < 1.29 is 14.3 Å². The second-order valence-electron chi connectivity index (χ2n) is 6.54. The molecule has 5 nitrogen and oxygen atoms in total. The van der Waals surface area contributed by atoms with Crippen LogP contribution >= 0.6 is 43.5 Å². The van der Waals surface area contributed by atoms with Crippen molar-refractivity contribution in [2.75, 3.05) is 12.4 Å². The zero-order chi connectivity index (χ0) is 23.1. The molecule has 0 spiro atoms. The number of nitriles is 1. The maximum Gasteiger partial charge on any atom is 0.266 e. The Bertz CT molecular complexity index is 1220. The first kappa shape index (κ1) is 23.9. The number of anilines is 1. The highest BCUT2D eigenvalue weighted by Gasteiger charge is 2.14. The maximum atomic E-state index is 12.6. The van der Waals surface area contributed by atoms with E-state index in [1.165, 1.54) is 13.2 Å². The van der Waals surface area contributed by atoms with Crippen LogP contribution in [0.5, 0.6) is 11.5 Å². The Balaban J connectivity index is 1.83. The molecular formula is C24H17Br2ClN2O3. The Kier molecular flexibility index (Phi) is 8.34. The van der Waals surface area contributed by atoms with Crippen molar-refractivity contribution in [3.05, 3.63) is 91.3 Å². The fourth-order valence-electron chi connectivity index (χ4n) is 2.77. The van der Waals surface area contributed by atoms with Gasteiger partial charge in [0.1, 0.15) is 18.2 Å². The van der Waals surface area contributed by atoms with Crippen LogP contribution < -0.4 is 14.8 Å². The minimum absolute atomic E-state index is 0.0579. The standard InChI is InChI=1S/C24H17Br2ClN2O3/c1-31-22-10-16(9-17(13-28)24(30)29-19-7-4-6-18(25)11-19)20(26)12-23(22)32-14-15-5-2-3-8-21(15)27/h2-12H,14H2,1H3,(H,29,30)/b17-9-. The predicted molar refractivity (Wildman–Crippen MR) is 133 cm³/mol. The molecule has 0 fully saturated rings. The molecule has 0 radical (unpaired) electrons. The third-order valence-corrected chi connectivity index (χ3v) is 5.92. The Morgan fingerprint density at radius 3 is 2.59 bits per heavy atom. The lowest BCUT2D eigenvalue weighted by Crippen LogP contribution is -2.13. The van der Waals surface area contributed by atoms with Gasteiger partial charge < -0.3 is 14.8 Å². The van der Waals surface area contributed by atoms with Crippen molar-refractivity contribution in [3.63, 3.8) is 0 Å². The maximum absolute atomic E-state index is 12.6. The molecule has 0 saturated heterocycles. The lowest BCUT2D eigenvalue weighted by molar-refractivity contribution is -0.112. The first-order valence-electron chi connectivity index (χ1n) is 9.33. The van der Waals surface area contributed by atoms with Gasteiger partial charge in [-0.1, -0.05) is 67.7 Å². The Morgan fingerprint density at radius 1 is 1.12 bits per heavy atom. The molecule has 1 amide bonds. The van der Waals surface area contributed by atoms with E-state index in [-0.39, 0.29) is 12.2 Å². The Labute approximate surface area is 207 Å². The van der Waals surface area contributed by atoms with Gasteiger partial charge in [0.05, 0.1) is 7.11 Å². The van der Waals surface area contributed by atoms with Gasteiger partial charge in [0, 0.05) is 25.2 Å². The summed E-state index contributed by atoms with van der Waals surface area (Å²) in [5.41, 5.74) is 1.95. The number of amides is 1. The van der Waals surface area contributed by atoms with Gasteiger partial charge in [0.2, 0.25) is 0 Å². The van der Waals surface area contributed by atoms with Crippen LogP contribution in [-0.4, -0.2) is 13.0 Å². The summed E-state index contributed by atoms with van der Waals surface area (Å²) in [6.07, 6.45) is 1.48. The van der Waals surface area contributed by atoms with Crippen molar-refractivity contribution in [1.29, 1.82) is 5.26 Å². The van der Waals surface area contributed by atoms with E-state index in [2.05, 4.69) is 37.2 Å². The average molecular weight is 577 g/mol. The molecule has 0 aromatic heterocycles. The Morgan fingerprint density at radius 2 is 1.91 bits per heavy atom. The van der Waals surface area contributed by atoms with Crippen LogP contribution in [0.15, 0.2) is 75.2 Å². The molecule has 3 aromatic carbocycles. The van der Waals surface area contributed by atoms with Crippen LogP contribution in [-0.2, 0) is 11.4 Å². The van der Waals surface area contributed by atoms with Crippen molar-refractivity contribution in [2.24, 2.45) is 0 Å². The number of halogens is 3. The molecule has 0 aliphatic carbocycles. The number of methoxy groups -OCH3 is 1. The van der Waals surface area contributed by atoms with Crippen molar-refractivity contribution in [1.82, 2.24) is 0 Å². The molecule has 0 bridgehead atoms. The number of carbonyl (C=O) groups excluding carboxylic acids is 1. The van der Waals surface area contributed by atoms with E-state index >= 15 is 0 Å². The molecule has 1 N–H and O–H groups in total. The van der Waals surface area contributed by atoms with Crippen molar-refractivity contribution in [3.8, 4) is 17.6 Å². The minimum Gasteiger partial charge on any atom is -0.493 e. The van der Waals surface area contributed by atoms with Gasteiger partial charge in [-0.15, -0.1) is 0 Å². The van der Waals surface area contributed by atoms with Crippen molar-refractivity contribution in [2.45, 2.75) is 6.61 Å². The summed E-state index contributed by atoms with van der Waals surface area (Å²) in [5.74, 6) is 0.431. The molecule has 8 heteroatoms. The Hall–Kier alpha value is -2.79. The van der Waals surface area contributed by atoms with E-state index in [4.69, 9.17) is 21.1 Å². The molecule has 32 heavy (non-hydrogen) atoms. The van der Waals surface area contributed by atoms with Crippen LogP contribution in [0, 0.1) is 11.3 Å². The SMILES string of the molecule is COc1cc(/C=C(/C#N)C(=O)Nc2cccc(Br)c2)c(Br)cc1OCc1ccccc1Cl. The molecule has 0 aliphatic heterocycles. The number of rotatable bonds is 7. The zero-order valence-corrected chi connectivity index (χ0v) is 20.8. The number of hydrogen-bond donors (Lipinski definition) is 1. The van der Waals surface area contributed by atoms with Crippen LogP contribution in [0.25, 0.3) is 6.08 Å². The summed E-state index contributed by atoms with van der Waals surface area (Å²) in [6.45, 7) is 0.260. The van der Waals surface area contributed by atoms with E-state index in [9.17, 15) is 10.1 Å². The number of nitrogens with one attached hydrogen (secondary N) is 1. The van der Waals surface area contributed by atoms with E-state index in [0.29, 0.717) is 32.2 Å². The van der Waals surface area contributed by atoms with Gasteiger partial charge in [-0.25, -0.2) is 0 Å². The highest BCUT2D eigenvalue weighted by molar-refractivity contribution is 9.10. The number of ether oxygens (including phenoxy) is 2. The van der Waals surface area contributed by atoms with E-state index in [1.54, 1.807) is 36.4 Å². The molecule has 3 rings (SSSR count). The molecule has 162 valence electrons. The van der Waals surface area contributed by atoms with E-state index < -0.39 is 5.91 Å². The van der Waals surface area contributed by atoms with E-state index in [1.807, 2.05) is 30.3 Å². The summed E-state index contributed by atoms with van der Waals surface area (Å²) in [7, 11) is 1.52. The number of nitrogens with zero attached hydrogens (tertiary/aromatic N) is 1. The minimum atomic E-state index is -0.518. The highest BCUT2D eigenvalue weighted by Crippen LogP contribution is 2.35. The third-order valence-electron chi connectivity index (χ3n) is 4.37. The van der Waals surface area contributed by atoms with E-state index in [0.717, 1.165) is 10.0 Å². The van der Waals surface area contributed by atoms with Gasteiger partial charge in [-0.05, 0) is 48.0 Å². The number of benzene rings is 3. The third kappa shape index (κ3) is 6.13. The predicted octanol–water partition coefficient (Wildman–Crippen LogP) is 7.00. The monoisotopic (exact) mass is 574 g/mol. The fourth-order valence-corrected chi connectivity index (χ4v) is 3.80. The molecule has 0 saturated carbocycles. The normalized spacial score (nSPS) is 10.9.